The number of para-hydroxylation sites is 1. The highest BCUT2D eigenvalue weighted by Gasteiger charge is 2.44. The van der Waals surface area contributed by atoms with E-state index in [9.17, 15) is 9.59 Å². The molecule has 2 N–H and O–H groups in total. The average Bonchev–Trinajstić information content (AvgIpc) is 2.83. The molecule has 0 fully saturated rings. The van der Waals surface area contributed by atoms with Crippen LogP contribution in [0.5, 0.6) is 0 Å². The van der Waals surface area contributed by atoms with Gasteiger partial charge in [0.1, 0.15) is 5.54 Å². The maximum atomic E-state index is 12.4. The monoisotopic (exact) mass is 271 g/mol. The first-order valence-corrected chi connectivity index (χ1v) is 6.72. The predicted octanol–water partition coefficient (Wildman–Crippen LogP) is 2.30. The Morgan fingerprint density at radius 1 is 1.35 bits per heavy atom. The van der Waals surface area contributed by atoms with Crippen molar-refractivity contribution in [2.45, 2.75) is 32.7 Å². The summed E-state index contributed by atoms with van der Waals surface area (Å²) < 4.78 is 0. The lowest BCUT2D eigenvalue weighted by molar-refractivity contribution is -0.140. The van der Waals surface area contributed by atoms with E-state index in [1.54, 1.807) is 0 Å². The Kier molecular flexibility index (Phi) is 2.61. The topological polar surface area (TPSA) is 65.2 Å². The van der Waals surface area contributed by atoms with Crippen molar-refractivity contribution < 1.29 is 9.59 Å². The van der Waals surface area contributed by atoms with Crippen LogP contribution in [0.3, 0.4) is 0 Å². The smallest absolute Gasteiger partial charge is 0.272 e. The molecule has 0 spiro atoms. The number of nitrogens with zero attached hydrogens (tertiary/aromatic N) is 1. The first-order valence-electron chi connectivity index (χ1n) is 6.72. The zero-order valence-electron chi connectivity index (χ0n) is 11.8. The summed E-state index contributed by atoms with van der Waals surface area (Å²) in [5.41, 5.74) is 4.52. The summed E-state index contributed by atoms with van der Waals surface area (Å²) >= 11 is 0. The third-order valence-electron chi connectivity index (χ3n) is 4.18. The number of benzene rings is 1. The van der Waals surface area contributed by atoms with Gasteiger partial charge in [-0.3, -0.25) is 15.0 Å². The number of rotatable bonds is 1. The quantitative estimate of drug-likeness (QED) is 0.835. The summed E-state index contributed by atoms with van der Waals surface area (Å²) in [6, 6.07) is 7.69. The molecule has 20 heavy (non-hydrogen) atoms. The Morgan fingerprint density at radius 3 is 2.70 bits per heavy atom. The molecule has 0 saturated carbocycles. The van der Waals surface area contributed by atoms with Crippen LogP contribution < -0.4 is 5.43 Å². The summed E-state index contributed by atoms with van der Waals surface area (Å²) in [5, 5.41) is 2.32. The third kappa shape index (κ3) is 1.49. The van der Waals surface area contributed by atoms with Crippen molar-refractivity contribution in [3.05, 3.63) is 35.5 Å². The number of aromatic amines is 1. The van der Waals surface area contributed by atoms with E-state index in [0.717, 1.165) is 16.6 Å². The fraction of sp³-hybridized carbons (Fsp3) is 0.333. The fourth-order valence-corrected chi connectivity index (χ4v) is 2.94. The average molecular weight is 271 g/mol. The van der Waals surface area contributed by atoms with Crippen LogP contribution in [0.1, 0.15) is 43.2 Å². The Hall–Kier alpha value is -2.30. The van der Waals surface area contributed by atoms with Crippen molar-refractivity contribution in [1.29, 1.82) is 0 Å². The highest BCUT2D eigenvalue weighted by atomic mass is 16.2. The normalized spacial score (nSPS) is 21.8. The van der Waals surface area contributed by atoms with Crippen LogP contribution in [0.25, 0.3) is 10.9 Å². The standard InChI is InChI=1S/C15H17N3O2/c1-4-15(3)13-12(14(20)17-18(15)9(2)19)10-7-5-6-8-11(10)16-13/h5-8,16H,4H2,1-3H3,(H,17,20). The summed E-state index contributed by atoms with van der Waals surface area (Å²) in [5.74, 6) is -0.411. The van der Waals surface area contributed by atoms with Crippen molar-refractivity contribution in [1.82, 2.24) is 15.4 Å². The van der Waals surface area contributed by atoms with Gasteiger partial charge in [0.15, 0.2) is 0 Å². The lowest BCUT2D eigenvalue weighted by Crippen LogP contribution is -2.59. The van der Waals surface area contributed by atoms with Gasteiger partial charge in [-0.2, -0.15) is 0 Å². The second kappa shape index (κ2) is 4.10. The summed E-state index contributed by atoms with van der Waals surface area (Å²) in [4.78, 5) is 27.5. The molecule has 1 aliphatic heterocycles. The molecule has 0 bridgehead atoms. The van der Waals surface area contributed by atoms with E-state index in [4.69, 9.17) is 0 Å². The van der Waals surface area contributed by atoms with Gasteiger partial charge in [-0.15, -0.1) is 0 Å². The molecule has 2 amide bonds. The molecule has 5 nitrogen and oxygen atoms in total. The lowest BCUT2D eigenvalue weighted by atomic mass is 9.88. The Labute approximate surface area is 116 Å². The van der Waals surface area contributed by atoms with E-state index < -0.39 is 5.54 Å². The van der Waals surface area contributed by atoms with Gasteiger partial charge >= 0.3 is 0 Å². The van der Waals surface area contributed by atoms with Gasteiger partial charge in [-0.1, -0.05) is 25.1 Å². The molecule has 1 aromatic heterocycles. The van der Waals surface area contributed by atoms with E-state index in [1.165, 1.54) is 11.9 Å². The molecule has 2 heterocycles. The number of carbonyl (C=O) groups is 2. The number of fused-ring (bicyclic) bond motifs is 3. The third-order valence-corrected chi connectivity index (χ3v) is 4.18. The first-order chi connectivity index (χ1) is 9.49. The molecule has 1 unspecified atom stereocenters. The van der Waals surface area contributed by atoms with Crippen LogP contribution in [0.4, 0.5) is 0 Å². The number of amides is 2. The Bertz CT molecular complexity index is 719. The fourth-order valence-electron chi connectivity index (χ4n) is 2.94. The lowest BCUT2D eigenvalue weighted by Gasteiger charge is -2.43. The summed E-state index contributed by atoms with van der Waals surface area (Å²) in [6.45, 7) is 5.42. The molecule has 2 aromatic rings. The van der Waals surface area contributed by atoms with E-state index in [0.29, 0.717) is 12.0 Å². The zero-order chi connectivity index (χ0) is 14.5. The highest BCUT2D eigenvalue weighted by Crippen LogP contribution is 2.38. The molecular weight excluding hydrogens is 254 g/mol. The maximum Gasteiger partial charge on any atom is 0.272 e. The zero-order valence-corrected chi connectivity index (χ0v) is 11.8. The number of carbonyl (C=O) groups excluding carboxylic acids is 2. The molecule has 1 aliphatic rings. The number of H-pyrrole nitrogens is 1. The van der Waals surface area contributed by atoms with Crippen molar-refractivity contribution >= 4 is 22.7 Å². The highest BCUT2D eigenvalue weighted by molar-refractivity contribution is 6.09. The van der Waals surface area contributed by atoms with Crippen molar-refractivity contribution in [2.75, 3.05) is 0 Å². The number of nitrogens with one attached hydrogen (secondary N) is 2. The number of hydrogen-bond acceptors (Lipinski definition) is 2. The van der Waals surface area contributed by atoms with Gasteiger partial charge in [0.25, 0.3) is 5.91 Å². The van der Waals surface area contributed by atoms with Gasteiger partial charge in [0.2, 0.25) is 5.91 Å². The Balaban J connectivity index is 2.33. The molecule has 0 saturated heterocycles. The molecule has 0 radical (unpaired) electrons. The van der Waals surface area contributed by atoms with Crippen LogP contribution in [-0.4, -0.2) is 21.8 Å². The van der Waals surface area contributed by atoms with Gasteiger partial charge in [-0.05, 0) is 19.4 Å². The minimum atomic E-state index is -0.561. The van der Waals surface area contributed by atoms with Crippen molar-refractivity contribution in [3.63, 3.8) is 0 Å². The molecule has 104 valence electrons. The Morgan fingerprint density at radius 2 is 2.05 bits per heavy atom. The summed E-state index contributed by atoms with van der Waals surface area (Å²) in [6.07, 6.45) is 0.701. The minimum absolute atomic E-state index is 0.174. The second-order valence-corrected chi connectivity index (χ2v) is 5.34. The van der Waals surface area contributed by atoms with Crippen LogP contribution in [0, 0.1) is 0 Å². The molecule has 1 aromatic carbocycles. The largest absolute Gasteiger partial charge is 0.356 e. The van der Waals surface area contributed by atoms with Gasteiger partial charge < -0.3 is 4.98 Å². The summed E-state index contributed by atoms with van der Waals surface area (Å²) in [7, 11) is 0. The predicted molar refractivity (Wildman–Crippen MR) is 75.9 cm³/mol. The van der Waals surface area contributed by atoms with Crippen LogP contribution in [0.15, 0.2) is 24.3 Å². The molecule has 0 aliphatic carbocycles. The molecule has 1 atom stereocenters. The van der Waals surface area contributed by atoms with Gasteiger partial charge in [0, 0.05) is 17.8 Å². The molecular formula is C15H17N3O2. The van der Waals surface area contributed by atoms with E-state index >= 15 is 0 Å². The van der Waals surface area contributed by atoms with Crippen LogP contribution in [0.2, 0.25) is 0 Å². The van der Waals surface area contributed by atoms with Crippen LogP contribution >= 0.6 is 0 Å². The van der Waals surface area contributed by atoms with E-state index in [-0.39, 0.29) is 11.8 Å². The number of hydrazine groups is 1. The van der Waals surface area contributed by atoms with Crippen molar-refractivity contribution in [3.8, 4) is 0 Å². The van der Waals surface area contributed by atoms with E-state index in [1.807, 2.05) is 38.1 Å². The maximum absolute atomic E-state index is 12.4. The van der Waals surface area contributed by atoms with Gasteiger partial charge in [-0.25, -0.2) is 5.01 Å². The van der Waals surface area contributed by atoms with E-state index in [2.05, 4.69) is 10.4 Å². The molecule has 3 rings (SSSR count). The number of aromatic nitrogens is 1. The van der Waals surface area contributed by atoms with Gasteiger partial charge in [0.05, 0.1) is 11.3 Å². The second-order valence-electron chi connectivity index (χ2n) is 5.34. The SMILES string of the molecule is CCC1(C)c2[nH]c3ccccc3c2C(=O)NN1C(C)=O. The van der Waals surface area contributed by atoms with Crippen molar-refractivity contribution in [2.24, 2.45) is 0 Å². The minimum Gasteiger partial charge on any atom is -0.356 e. The molecule has 5 heteroatoms. The van der Waals surface area contributed by atoms with Crippen LogP contribution in [-0.2, 0) is 10.3 Å². The first kappa shape index (κ1) is 12.7. The number of hydrogen-bond donors (Lipinski definition) is 2.